The fraction of sp³-hybridized carbons (Fsp3) is 0.120. The van der Waals surface area contributed by atoms with Crippen molar-refractivity contribution in [3.05, 3.63) is 72.9 Å². The van der Waals surface area contributed by atoms with Crippen LogP contribution >= 0.6 is 11.8 Å². The van der Waals surface area contributed by atoms with Crippen molar-refractivity contribution in [2.75, 3.05) is 31.1 Å². The average Bonchev–Trinajstić information content (AvgIpc) is 2.84. The molecule has 33 heavy (non-hydrogen) atoms. The summed E-state index contributed by atoms with van der Waals surface area (Å²) in [5.74, 6) is 2.45. The fourth-order valence-corrected chi connectivity index (χ4v) is 3.86. The standard InChI is InChI=1S/C25H23N3O4S/c1-30-22-14-18-20(15-23(22)31-2)26-13-12-21(18)32-17-10-8-16(9-11-17)27-25(29)28-19-6-4-5-7-24(19)33-3/h4-15H,1-3H3,(H2,27,28,29). The van der Waals surface area contributed by atoms with Crippen molar-refractivity contribution in [2.45, 2.75) is 4.90 Å². The molecule has 0 aliphatic rings. The third-order valence-electron chi connectivity index (χ3n) is 4.90. The predicted molar refractivity (Wildman–Crippen MR) is 132 cm³/mol. The van der Waals surface area contributed by atoms with Gasteiger partial charge in [-0.15, -0.1) is 11.8 Å². The van der Waals surface area contributed by atoms with Crippen molar-refractivity contribution in [3.8, 4) is 23.0 Å². The molecule has 0 spiro atoms. The Balaban J connectivity index is 1.48. The third-order valence-corrected chi connectivity index (χ3v) is 5.70. The smallest absolute Gasteiger partial charge is 0.323 e. The van der Waals surface area contributed by atoms with E-state index < -0.39 is 0 Å². The third kappa shape index (κ3) is 5.12. The number of aromatic nitrogens is 1. The van der Waals surface area contributed by atoms with E-state index in [9.17, 15) is 4.79 Å². The lowest BCUT2D eigenvalue weighted by molar-refractivity contribution is 0.262. The normalized spacial score (nSPS) is 10.5. The van der Waals surface area contributed by atoms with Gasteiger partial charge in [0.05, 0.1) is 25.4 Å². The first-order valence-corrected chi connectivity index (χ1v) is 11.3. The van der Waals surface area contributed by atoms with Gasteiger partial charge in [0.15, 0.2) is 11.5 Å². The maximum Gasteiger partial charge on any atom is 0.323 e. The maximum absolute atomic E-state index is 12.4. The number of urea groups is 1. The number of ether oxygens (including phenoxy) is 3. The highest BCUT2D eigenvalue weighted by Crippen LogP contribution is 2.37. The van der Waals surface area contributed by atoms with Crippen LogP contribution in [0.5, 0.6) is 23.0 Å². The lowest BCUT2D eigenvalue weighted by atomic mass is 10.2. The minimum atomic E-state index is -0.314. The number of carbonyl (C=O) groups excluding carboxylic acids is 1. The van der Waals surface area contributed by atoms with Crippen molar-refractivity contribution < 1.29 is 19.0 Å². The number of pyridine rings is 1. The van der Waals surface area contributed by atoms with Gasteiger partial charge in [0.1, 0.15) is 11.5 Å². The number of methoxy groups -OCH3 is 2. The van der Waals surface area contributed by atoms with Gasteiger partial charge in [-0.2, -0.15) is 0 Å². The molecule has 8 heteroatoms. The number of hydrogen-bond acceptors (Lipinski definition) is 6. The molecule has 2 amide bonds. The molecule has 1 heterocycles. The summed E-state index contributed by atoms with van der Waals surface area (Å²) in [5, 5.41) is 6.50. The number of hydrogen-bond donors (Lipinski definition) is 2. The molecule has 168 valence electrons. The molecule has 7 nitrogen and oxygen atoms in total. The van der Waals surface area contributed by atoms with E-state index in [1.54, 1.807) is 62.5 Å². The van der Waals surface area contributed by atoms with Crippen LogP contribution in [0.15, 0.2) is 77.8 Å². The van der Waals surface area contributed by atoms with Crippen LogP contribution in [-0.2, 0) is 0 Å². The Morgan fingerprint density at radius 1 is 0.879 bits per heavy atom. The minimum absolute atomic E-state index is 0.314. The van der Waals surface area contributed by atoms with Gasteiger partial charge < -0.3 is 24.8 Å². The fourth-order valence-electron chi connectivity index (χ4n) is 3.30. The van der Waals surface area contributed by atoms with Crippen molar-refractivity contribution in [3.63, 3.8) is 0 Å². The predicted octanol–water partition coefficient (Wildman–Crippen LogP) is 6.41. The molecule has 0 fully saturated rings. The first kappa shape index (κ1) is 22.3. The second-order valence-corrected chi connectivity index (χ2v) is 7.79. The SMILES string of the molecule is COc1cc2nccc(Oc3ccc(NC(=O)Nc4ccccc4SC)cc3)c2cc1OC. The largest absolute Gasteiger partial charge is 0.493 e. The summed E-state index contributed by atoms with van der Waals surface area (Å²) in [6, 6.07) is 19.9. The van der Waals surface area contributed by atoms with Gasteiger partial charge >= 0.3 is 6.03 Å². The summed E-state index contributed by atoms with van der Waals surface area (Å²) in [6.07, 6.45) is 3.64. The Labute approximate surface area is 196 Å². The Kier molecular flexibility index (Phi) is 6.85. The van der Waals surface area contributed by atoms with Crippen molar-refractivity contribution in [1.82, 2.24) is 4.98 Å². The zero-order chi connectivity index (χ0) is 23.2. The van der Waals surface area contributed by atoms with Crippen LogP contribution in [0.4, 0.5) is 16.2 Å². The van der Waals surface area contributed by atoms with E-state index in [2.05, 4.69) is 15.6 Å². The Morgan fingerprint density at radius 3 is 2.33 bits per heavy atom. The molecule has 0 bridgehead atoms. The van der Waals surface area contributed by atoms with E-state index in [-0.39, 0.29) is 6.03 Å². The summed E-state index contributed by atoms with van der Waals surface area (Å²) in [5.41, 5.74) is 2.14. The molecule has 3 aromatic carbocycles. The zero-order valence-corrected chi connectivity index (χ0v) is 19.2. The van der Waals surface area contributed by atoms with Gasteiger partial charge in [-0.05, 0) is 54.8 Å². The van der Waals surface area contributed by atoms with E-state index in [1.165, 1.54) is 0 Å². The topological polar surface area (TPSA) is 81.7 Å². The van der Waals surface area contributed by atoms with Crippen LogP contribution < -0.4 is 24.8 Å². The van der Waals surface area contributed by atoms with Crippen LogP contribution in [0, 0.1) is 0 Å². The van der Waals surface area contributed by atoms with Crippen LogP contribution in [0.25, 0.3) is 10.9 Å². The molecule has 0 atom stereocenters. The monoisotopic (exact) mass is 461 g/mol. The average molecular weight is 462 g/mol. The maximum atomic E-state index is 12.4. The summed E-state index contributed by atoms with van der Waals surface area (Å²) >= 11 is 1.57. The van der Waals surface area contributed by atoms with Crippen LogP contribution in [-0.4, -0.2) is 31.5 Å². The summed E-state index contributed by atoms with van der Waals surface area (Å²) < 4.78 is 16.8. The number of fused-ring (bicyclic) bond motifs is 1. The number of anilines is 2. The van der Waals surface area contributed by atoms with Crippen LogP contribution in [0.2, 0.25) is 0 Å². The first-order valence-electron chi connectivity index (χ1n) is 10.1. The molecule has 0 saturated carbocycles. The van der Waals surface area contributed by atoms with E-state index in [1.807, 2.05) is 42.7 Å². The zero-order valence-electron chi connectivity index (χ0n) is 18.4. The van der Waals surface area contributed by atoms with E-state index in [4.69, 9.17) is 14.2 Å². The number of para-hydroxylation sites is 1. The Morgan fingerprint density at radius 2 is 1.61 bits per heavy atom. The molecular weight excluding hydrogens is 438 g/mol. The van der Waals surface area contributed by atoms with Crippen LogP contribution in [0.1, 0.15) is 0 Å². The van der Waals surface area contributed by atoms with Gasteiger partial charge in [-0.3, -0.25) is 4.98 Å². The summed E-state index contributed by atoms with van der Waals surface area (Å²) in [4.78, 5) is 17.8. The summed E-state index contributed by atoms with van der Waals surface area (Å²) in [7, 11) is 3.17. The van der Waals surface area contributed by atoms with E-state index in [0.717, 1.165) is 21.5 Å². The van der Waals surface area contributed by atoms with Gasteiger partial charge in [-0.25, -0.2) is 4.79 Å². The van der Waals surface area contributed by atoms with Crippen molar-refractivity contribution >= 4 is 40.1 Å². The van der Waals surface area contributed by atoms with Gasteiger partial charge in [0, 0.05) is 28.2 Å². The molecule has 0 radical (unpaired) electrons. The van der Waals surface area contributed by atoms with Crippen LogP contribution in [0.3, 0.4) is 0 Å². The minimum Gasteiger partial charge on any atom is -0.493 e. The molecular formula is C25H23N3O4S. The second kappa shape index (κ2) is 10.1. The molecule has 0 aliphatic heterocycles. The number of carbonyl (C=O) groups is 1. The highest BCUT2D eigenvalue weighted by molar-refractivity contribution is 7.98. The number of rotatable bonds is 7. The van der Waals surface area contributed by atoms with Crippen molar-refractivity contribution in [2.24, 2.45) is 0 Å². The highest BCUT2D eigenvalue weighted by Gasteiger charge is 2.12. The molecule has 1 aromatic heterocycles. The lowest BCUT2D eigenvalue weighted by Gasteiger charge is -2.13. The molecule has 2 N–H and O–H groups in total. The Hall–Kier alpha value is -3.91. The Bertz CT molecular complexity index is 1280. The lowest BCUT2D eigenvalue weighted by Crippen LogP contribution is -2.19. The molecule has 0 aliphatic carbocycles. The number of amides is 2. The van der Waals surface area contributed by atoms with Gasteiger partial charge in [-0.1, -0.05) is 12.1 Å². The second-order valence-electron chi connectivity index (χ2n) is 6.94. The number of nitrogens with one attached hydrogen (secondary N) is 2. The summed E-state index contributed by atoms with van der Waals surface area (Å²) in [6.45, 7) is 0. The highest BCUT2D eigenvalue weighted by atomic mass is 32.2. The van der Waals surface area contributed by atoms with E-state index >= 15 is 0 Å². The van der Waals surface area contributed by atoms with E-state index in [0.29, 0.717) is 28.7 Å². The molecule has 4 rings (SSSR count). The van der Waals surface area contributed by atoms with Gasteiger partial charge in [0.25, 0.3) is 0 Å². The molecule has 4 aromatic rings. The number of nitrogens with zero attached hydrogens (tertiary/aromatic N) is 1. The molecule has 0 unspecified atom stereocenters. The number of thioether (sulfide) groups is 1. The quantitative estimate of drug-likeness (QED) is 0.310. The molecule has 0 saturated heterocycles. The van der Waals surface area contributed by atoms with Crippen molar-refractivity contribution in [1.29, 1.82) is 0 Å². The number of benzene rings is 3. The first-order chi connectivity index (χ1) is 16.1. The van der Waals surface area contributed by atoms with Gasteiger partial charge in [0.2, 0.25) is 0 Å².